The Kier molecular flexibility index (Phi) is 11.0. The molecule has 17 heteroatoms. The van der Waals surface area contributed by atoms with Gasteiger partial charge in [-0.1, -0.05) is 25.0 Å². The molecule has 0 spiro atoms. The number of carbonyl (C=O) groups excluding carboxylic acids is 4. The average molecular weight is 731 g/mol. The van der Waals surface area contributed by atoms with Crippen LogP contribution in [0.2, 0.25) is 0 Å². The highest BCUT2D eigenvalue weighted by molar-refractivity contribution is 7.87. The Morgan fingerprint density at radius 2 is 1.90 bits per heavy atom. The van der Waals surface area contributed by atoms with Crippen LogP contribution in [0.4, 0.5) is 4.79 Å². The van der Waals surface area contributed by atoms with Crippen LogP contribution in [0.15, 0.2) is 30.6 Å². The van der Waals surface area contributed by atoms with Gasteiger partial charge in [0.05, 0.1) is 18.3 Å². The number of pyridine rings is 1. The van der Waals surface area contributed by atoms with Crippen LogP contribution in [0, 0.1) is 5.92 Å². The molecular formula is C34H50N8O8S. The number of fused-ring (bicyclic) bond motifs is 3. The van der Waals surface area contributed by atoms with Gasteiger partial charge in [0.1, 0.15) is 34.8 Å². The summed E-state index contributed by atoms with van der Waals surface area (Å²) in [6, 6.07) is -0.0249. The van der Waals surface area contributed by atoms with Crippen LogP contribution in [0.25, 0.3) is 11.0 Å². The molecule has 2 aliphatic heterocycles. The van der Waals surface area contributed by atoms with E-state index in [9.17, 15) is 27.6 Å². The highest BCUT2D eigenvalue weighted by Gasteiger charge is 2.61. The number of nitrogens with one attached hydrogen (secondary N) is 3. The molecule has 0 unspecified atom stereocenters. The van der Waals surface area contributed by atoms with Crippen LogP contribution in [-0.2, 0) is 29.3 Å². The molecule has 5 rings (SSSR count). The van der Waals surface area contributed by atoms with Gasteiger partial charge in [-0.3, -0.25) is 23.9 Å². The summed E-state index contributed by atoms with van der Waals surface area (Å²) in [5.74, 6) is -2.46. The zero-order chi connectivity index (χ0) is 37.3. The minimum Gasteiger partial charge on any atom is -0.459 e. The average Bonchev–Trinajstić information content (AvgIpc) is 3.36. The number of rotatable bonds is 7. The van der Waals surface area contributed by atoms with Gasteiger partial charge < -0.3 is 25.0 Å². The third kappa shape index (κ3) is 8.63. The number of hydrogen-bond acceptors (Lipinski definition) is 10. The molecule has 1 saturated heterocycles. The van der Waals surface area contributed by atoms with Crippen LogP contribution < -0.4 is 20.1 Å². The SMILES string of the molecule is CC(C)n1c(O[C@@H]2C[C@H]3C(=O)N[C@]4(C(=O)NS(=O)(=O)N(C)C)C[C@H]4/C=C\CCCCC[C@H](NC(=O)OC(C)(C)C)C(=O)N3C2)nc2cnccc21. The van der Waals surface area contributed by atoms with Gasteiger partial charge in [0.25, 0.3) is 11.9 Å². The third-order valence-electron chi connectivity index (χ3n) is 9.29. The van der Waals surface area contributed by atoms with E-state index in [4.69, 9.17) is 9.47 Å². The quantitative estimate of drug-likeness (QED) is 0.357. The lowest BCUT2D eigenvalue weighted by atomic mass is 10.0. The van der Waals surface area contributed by atoms with Gasteiger partial charge in [0, 0.05) is 38.7 Å². The Morgan fingerprint density at radius 1 is 1.16 bits per heavy atom. The van der Waals surface area contributed by atoms with Crippen molar-refractivity contribution in [3.05, 3.63) is 30.6 Å². The second-order valence-electron chi connectivity index (χ2n) is 15.0. The van der Waals surface area contributed by atoms with Gasteiger partial charge >= 0.3 is 16.3 Å². The summed E-state index contributed by atoms with van der Waals surface area (Å²) in [7, 11) is -1.57. The fraction of sp³-hybridized carbons (Fsp3) is 0.647. The number of aromatic nitrogens is 3. The lowest BCUT2D eigenvalue weighted by molar-refractivity contribution is -0.141. The number of imidazole rings is 1. The summed E-state index contributed by atoms with van der Waals surface area (Å²) < 4.78 is 42.1. The Labute approximate surface area is 298 Å². The third-order valence-corrected chi connectivity index (χ3v) is 10.7. The van der Waals surface area contributed by atoms with Gasteiger partial charge in [-0.25, -0.2) is 9.52 Å². The molecule has 1 saturated carbocycles. The molecule has 16 nitrogen and oxygen atoms in total. The van der Waals surface area contributed by atoms with Crippen LogP contribution in [0.3, 0.4) is 0 Å². The predicted molar refractivity (Wildman–Crippen MR) is 188 cm³/mol. The smallest absolute Gasteiger partial charge is 0.408 e. The molecular weight excluding hydrogens is 680 g/mol. The number of ether oxygens (including phenoxy) is 2. The highest BCUT2D eigenvalue weighted by Crippen LogP contribution is 2.46. The van der Waals surface area contributed by atoms with Crippen molar-refractivity contribution in [2.45, 2.75) is 115 Å². The van der Waals surface area contributed by atoms with Gasteiger partial charge in [-0.05, 0) is 66.4 Å². The molecule has 2 aromatic rings. The molecule has 2 fully saturated rings. The Balaban J connectivity index is 1.49. The topological polar surface area (TPSA) is 194 Å². The molecule has 5 atom stereocenters. The normalized spacial score (nSPS) is 26.8. The molecule has 3 N–H and O–H groups in total. The van der Waals surface area contributed by atoms with Crippen LogP contribution in [0.5, 0.6) is 6.01 Å². The first-order valence-electron chi connectivity index (χ1n) is 17.4. The van der Waals surface area contributed by atoms with Crippen molar-refractivity contribution in [1.29, 1.82) is 0 Å². The van der Waals surface area contributed by atoms with Crippen molar-refractivity contribution in [1.82, 2.24) is 39.1 Å². The van der Waals surface area contributed by atoms with Crippen LogP contribution >= 0.6 is 0 Å². The monoisotopic (exact) mass is 730 g/mol. The number of allylic oxidation sites excluding steroid dienone is 1. The molecule has 2 aromatic heterocycles. The summed E-state index contributed by atoms with van der Waals surface area (Å²) in [6.07, 6.45) is 8.99. The molecule has 0 bridgehead atoms. The highest BCUT2D eigenvalue weighted by atomic mass is 32.2. The van der Waals surface area contributed by atoms with Crippen molar-refractivity contribution < 1.29 is 37.1 Å². The van der Waals surface area contributed by atoms with Gasteiger partial charge in [0.2, 0.25) is 11.8 Å². The van der Waals surface area contributed by atoms with Crippen molar-refractivity contribution in [3.63, 3.8) is 0 Å². The maximum Gasteiger partial charge on any atom is 0.408 e. The van der Waals surface area contributed by atoms with E-state index in [1.165, 1.54) is 19.0 Å². The van der Waals surface area contributed by atoms with E-state index in [2.05, 4.69) is 25.3 Å². The van der Waals surface area contributed by atoms with Crippen molar-refractivity contribution >= 4 is 45.1 Å². The second-order valence-corrected chi connectivity index (χ2v) is 16.8. The first-order valence-corrected chi connectivity index (χ1v) is 18.9. The molecule has 4 heterocycles. The lowest BCUT2D eigenvalue weighted by Gasteiger charge is -2.30. The standard InChI is InChI=1S/C34H50N8O8S/c1-21(2)42-26-15-16-35-19-25(26)36-31(42)49-23-17-27-28(43)38-34(30(45)39-51(47,48)40(6)7)18-22(34)13-11-9-8-10-12-14-24(29(44)41(27)20-23)37-32(46)50-33(3,4)5/h11,13,15-16,19,21-24,27H,8-10,12,14,17-18,20H2,1-7H3,(H,37,46)(H,38,43)(H,39,45)/b13-11-/t22-,23-,24+,27+,34-/m1/s1. The summed E-state index contributed by atoms with van der Waals surface area (Å²) >= 11 is 0. The van der Waals surface area contributed by atoms with Gasteiger partial charge in [-0.2, -0.15) is 17.7 Å². The first kappa shape index (κ1) is 38.0. The molecule has 280 valence electrons. The Hall–Kier alpha value is -4.25. The molecule has 0 radical (unpaired) electrons. The second kappa shape index (κ2) is 14.8. The predicted octanol–water partition coefficient (Wildman–Crippen LogP) is 2.57. The van der Waals surface area contributed by atoms with E-state index < -0.39 is 69.3 Å². The fourth-order valence-electron chi connectivity index (χ4n) is 6.57. The summed E-state index contributed by atoms with van der Waals surface area (Å²) in [5, 5.41) is 5.57. The summed E-state index contributed by atoms with van der Waals surface area (Å²) in [5.41, 5.74) is -0.914. The number of alkyl carbamates (subject to hydrolysis) is 1. The summed E-state index contributed by atoms with van der Waals surface area (Å²) in [6.45, 7) is 9.13. The van der Waals surface area contributed by atoms with Crippen LogP contribution in [-0.4, -0.2) is 106 Å². The van der Waals surface area contributed by atoms with Gasteiger partial charge in [-0.15, -0.1) is 0 Å². The first-order chi connectivity index (χ1) is 23.9. The van der Waals surface area contributed by atoms with Crippen molar-refractivity contribution in [2.75, 3.05) is 20.6 Å². The fourth-order valence-corrected chi connectivity index (χ4v) is 7.17. The number of amides is 4. The van der Waals surface area contributed by atoms with Crippen LogP contribution in [0.1, 0.15) is 85.6 Å². The molecule has 3 aliphatic rings. The number of nitrogens with zero attached hydrogens (tertiary/aromatic N) is 5. The minimum atomic E-state index is -4.16. The Bertz CT molecular complexity index is 1790. The van der Waals surface area contributed by atoms with E-state index in [0.717, 1.165) is 22.7 Å². The molecule has 51 heavy (non-hydrogen) atoms. The zero-order valence-corrected chi connectivity index (χ0v) is 31.2. The molecule has 1 aliphatic carbocycles. The van der Waals surface area contributed by atoms with E-state index in [1.54, 1.807) is 33.2 Å². The molecule has 0 aromatic carbocycles. The zero-order valence-electron chi connectivity index (χ0n) is 30.3. The van der Waals surface area contributed by atoms with E-state index in [0.29, 0.717) is 30.8 Å². The summed E-state index contributed by atoms with van der Waals surface area (Å²) in [4.78, 5) is 65.4. The Morgan fingerprint density at radius 3 is 2.59 bits per heavy atom. The van der Waals surface area contributed by atoms with Crippen molar-refractivity contribution in [2.24, 2.45) is 5.92 Å². The lowest BCUT2D eigenvalue weighted by Crippen LogP contribution is -2.58. The minimum absolute atomic E-state index is 0.0134. The largest absolute Gasteiger partial charge is 0.459 e. The van der Waals surface area contributed by atoms with Gasteiger partial charge in [0.15, 0.2) is 0 Å². The van der Waals surface area contributed by atoms with E-state index >= 15 is 0 Å². The molecule has 4 amide bonds. The number of hydrogen-bond donors (Lipinski definition) is 3. The van der Waals surface area contributed by atoms with Crippen molar-refractivity contribution in [3.8, 4) is 6.01 Å². The number of carbonyl (C=O) groups is 4. The van der Waals surface area contributed by atoms with E-state index in [1.807, 2.05) is 36.6 Å². The maximum atomic E-state index is 14.4. The maximum absolute atomic E-state index is 14.4. The van der Waals surface area contributed by atoms with E-state index in [-0.39, 0.29) is 25.4 Å².